The lowest BCUT2D eigenvalue weighted by atomic mass is 10.1. The van der Waals surface area contributed by atoms with Crippen LogP contribution in [0.2, 0.25) is 0 Å². The first-order valence-corrected chi connectivity index (χ1v) is 17.9. The van der Waals surface area contributed by atoms with Crippen molar-refractivity contribution in [1.82, 2.24) is 16.0 Å². The van der Waals surface area contributed by atoms with Gasteiger partial charge in [0.1, 0.15) is 21.2 Å². The number of urea groups is 1. The molecule has 3 aromatic rings. The van der Waals surface area contributed by atoms with Crippen LogP contribution < -0.4 is 26.0 Å². The summed E-state index contributed by atoms with van der Waals surface area (Å²) in [5, 5.41) is 23.3. The number of azo groups is 2. The summed E-state index contributed by atoms with van der Waals surface area (Å²) in [6.45, 7) is 4.02. The molecule has 1 unspecified atom stereocenters. The van der Waals surface area contributed by atoms with Gasteiger partial charge in [0.15, 0.2) is 5.78 Å². The quantitative estimate of drug-likeness (QED) is 0.0924. The van der Waals surface area contributed by atoms with Gasteiger partial charge < -0.3 is 15.4 Å². The van der Waals surface area contributed by atoms with Crippen LogP contribution >= 0.6 is 0 Å². The molecule has 286 valence electrons. The molecule has 6 amide bonds. The van der Waals surface area contributed by atoms with E-state index in [9.17, 15) is 54.7 Å². The number of carbonyl (C=O) groups is 6. The number of aryl methyl sites for hydroxylation is 2. The third-order valence-electron chi connectivity index (χ3n) is 6.96. The number of barbiturate groups is 1. The van der Waals surface area contributed by atoms with Gasteiger partial charge in [0, 0.05) is 18.7 Å². The average molecular weight is 789 g/mol. The van der Waals surface area contributed by atoms with Crippen molar-refractivity contribution in [1.29, 1.82) is 0 Å². The Morgan fingerprint density at radius 2 is 1.44 bits per heavy atom. The number of hydrogen-bond acceptors (Lipinski definition) is 15. The molecule has 23 heteroatoms. The van der Waals surface area contributed by atoms with E-state index in [1.54, 1.807) is 6.92 Å². The minimum Gasteiger partial charge on any atom is -0.495 e. The summed E-state index contributed by atoms with van der Waals surface area (Å²) in [5.41, 5.74) is 1.11. The molecule has 0 bridgehead atoms. The summed E-state index contributed by atoms with van der Waals surface area (Å²) in [5.74, 6) is -3.74. The lowest BCUT2D eigenvalue weighted by molar-refractivity contribution is -0.132. The van der Waals surface area contributed by atoms with Crippen LogP contribution in [0.3, 0.4) is 0 Å². The number of methoxy groups -OCH3 is 1. The summed E-state index contributed by atoms with van der Waals surface area (Å²) in [7, 11) is -6.49. The van der Waals surface area contributed by atoms with Crippen LogP contribution in [0.15, 0.2) is 84.8 Å². The molecule has 0 spiro atoms. The number of imide groups is 2. The van der Waals surface area contributed by atoms with E-state index in [1.165, 1.54) is 63.5 Å². The number of hydrogen-bond donors (Lipinski definition) is 6. The van der Waals surface area contributed by atoms with Gasteiger partial charge in [-0.15, -0.1) is 0 Å². The van der Waals surface area contributed by atoms with Gasteiger partial charge >= 0.3 is 6.03 Å². The number of ketones is 1. The third-order valence-corrected chi connectivity index (χ3v) is 8.83. The van der Waals surface area contributed by atoms with Gasteiger partial charge in [0.25, 0.3) is 43.9 Å². The SMILES string of the molecule is CNC(=O)c1ccc(N=NC2C(=O)NC(=O)NC2=O)cc1.COc1cc(S(=O)(=O)O)c(C)cc1NC(=O)C(N=Nc1ccc(C)cc1S(=O)(=O)O)C(C)=O. The Morgan fingerprint density at radius 3 is 1.96 bits per heavy atom. The maximum absolute atomic E-state index is 12.7. The summed E-state index contributed by atoms with van der Waals surface area (Å²) in [4.78, 5) is 68.8. The fourth-order valence-corrected chi connectivity index (χ4v) is 5.76. The van der Waals surface area contributed by atoms with E-state index in [4.69, 9.17) is 4.74 Å². The van der Waals surface area contributed by atoms with Gasteiger partial charge in [-0.05, 0) is 74.4 Å². The zero-order valence-corrected chi connectivity index (χ0v) is 30.5. The highest BCUT2D eigenvalue weighted by Crippen LogP contribution is 2.31. The monoisotopic (exact) mass is 788 g/mol. The van der Waals surface area contributed by atoms with Crippen LogP contribution in [0.4, 0.5) is 21.9 Å². The molecule has 6 N–H and O–H groups in total. The number of rotatable bonds is 11. The number of ether oxygens (including phenoxy) is 1. The molecule has 3 aromatic carbocycles. The molecule has 21 nitrogen and oxygen atoms in total. The van der Waals surface area contributed by atoms with E-state index in [-0.39, 0.29) is 28.6 Å². The molecule has 0 aromatic heterocycles. The van der Waals surface area contributed by atoms with Gasteiger partial charge in [-0.3, -0.25) is 43.7 Å². The molecule has 1 aliphatic rings. The van der Waals surface area contributed by atoms with Crippen molar-refractivity contribution in [2.24, 2.45) is 20.5 Å². The standard InChI is InChI=1S/C19H21N3O9S2.C12H11N5O4/c1-10-5-6-13(17(7-10)33(28,29)30)21-22-18(12(3)23)19(24)20-14-8-11(2)16(32(25,26)27)9-15(14)31-4;1-13-9(18)6-2-4-7(5-3-6)16-17-8-10(19)14-12(21)15-11(8)20/h5-9,18H,1-4H3,(H,20,24)(H,25,26,27)(H,28,29,30);2-5,8H,1H3,(H,13,18)(H2,14,15,19,20,21). The van der Waals surface area contributed by atoms with Crippen LogP contribution in [0.1, 0.15) is 28.4 Å². The molecule has 54 heavy (non-hydrogen) atoms. The van der Waals surface area contributed by atoms with E-state index in [0.29, 0.717) is 16.8 Å². The lowest BCUT2D eigenvalue weighted by Crippen LogP contribution is -2.57. The molecule has 1 heterocycles. The first-order chi connectivity index (χ1) is 25.2. The van der Waals surface area contributed by atoms with Crippen molar-refractivity contribution in [3.05, 3.63) is 71.3 Å². The highest BCUT2D eigenvalue weighted by Gasteiger charge is 2.34. The van der Waals surface area contributed by atoms with E-state index in [2.05, 4.69) is 31.1 Å². The molecule has 0 radical (unpaired) electrons. The Labute approximate surface area is 307 Å². The van der Waals surface area contributed by atoms with Gasteiger partial charge in [-0.25, -0.2) is 4.79 Å². The molecule has 1 saturated heterocycles. The predicted octanol–water partition coefficient (Wildman–Crippen LogP) is 2.35. The van der Waals surface area contributed by atoms with Gasteiger partial charge in [-0.2, -0.15) is 37.3 Å². The fraction of sp³-hybridized carbons (Fsp3) is 0.226. The van der Waals surface area contributed by atoms with Crippen LogP contribution in [-0.2, 0) is 39.4 Å². The Hall–Kier alpha value is -6.30. The Morgan fingerprint density at radius 1 is 0.852 bits per heavy atom. The summed E-state index contributed by atoms with van der Waals surface area (Å²) in [6.07, 6.45) is 0. The maximum Gasteiger partial charge on any atom is 0.328 e. The lowest BCUT2D eigenvalue weighted by Gasteiger charge is -2.16. The molecule has 4 rings (SSSR count). The van der Waals surface area contributed by atoms with Crippen LogP contribution in [0.5, 0.6) is 5.75 Å². The molecule has 1 atom stereocenters. The minimum absolute atomic E-state index is 0.0113. The van der Waals surface area contributed by atoms with Crippen LogP contribution in [-0.4, -0.2) is 87.6 Å². The Balaban J connectivity index is 0.000000320. The van der Waals surface area contributed by atoms with E-state index in [0.717, 1.165) is 19.1 Å². The number of nitrogens with one attached hydrogen (secondary N) is 4. The van der Waals surface area contributed by atoms with Crippen molar-refractivity contribution in [3.63, 3.8) is 0 Å². The first-order valence-electron chi connectivity index (χ1n) is 15.0. The largest absolute Gasteiger partial charge is 0.495 e. The number of amides is 6. The van der Waals surface area contributed by atoms with E-state index >= 15 is 0 Å². The zero-order valence-electron chi connectivity index (χ0n) is 28.8. The smallest absolute Gasteiger partial charge is 0.328 e. The predicted molar refractivity (Wildman–Crippen MR) is 186 cm³/mol. The average Bonchev–Trinajstić information content (AvgIpc) is 3.07. The Bertz CT molecular complexity index is 2270. The van der Waals surface area contributed by atoms with Crippen molar-refractivity contribution < 1.29 is 59.4 Å². The van der Waals surface area contributed by atoms with Gasteiger partial charge in [0.05, 0.1) is 18.5 Å². The summed E-state index contributed by atoms with van der Waals surface area (Å²) < 4.78 is 69.9. The topological polar surface area (TPSA) is 318 Å². The second-order valence-corrected chi connectivity index (χ2v) is 13.8. The fourth-order valence-electron chi connectivity index (χ4n) is 4.33. The number of Topliss-reactive ketones (excluding diaryl/α,β-unsaturated/α-hetero) is 1. The molecule has 1 aliphatic heterocycles. The number of nitrogens with zero attached hydrogens (tertiary/aromatic N) is 4. The molecule has 0 aliphatic carbocycles. The van der Waals surface area contributed by atoms with Gasteiger partial charge in [-0.1, -0.05) is 6.07 Å². The molecule has 1 fully saturated rings. The second-order valence-electron chi connectivity index (χ2n) is 11.0. The van der Waals surface area contributed by atoms with Crippen molar-refractivity contribution >= 4 is 72.7 Å². The van der Waals surface area contributed by atoms with Crippen molar-refractivity contribution in [2.45, 2.75) is 42.6 Å². The molecular weight excluding hydrogens is 757 g/mol. The highest BCUT2D eigenvalue weighted by molar-refractivity contribution is 7.86. The number of carbonyl (C=O) groups excluding carboxylic acids is 6. The Kier molecular flexibility index (Phi) is 13.6. The van der Waals surface area contributed by atoms with Gasteiger partial charge in [0.2, 0.25) is 12.1 Å². The first kappa shape index (κ1) is 42.1. The summed E-state index contributed by atoms with van der Waals surface area (Å²) in [6, 6.07) is 8.18. The third kappa shape index (κ3) is 11.1. The molecular formula is C31H32N8O13S2. The zero-order chi connectivity index (χ0) is 40.5. The molecule has 0 saturated carbocycles. The highest BCUT2D eigenvalue weighted by atomic mass is 32.2. The van der Waals surface area contributed by atoms with Crippen LogP contribution in [0.25, 0.3) is 0 Å². The van der Waals surface area contributed by atoms with Crippen LogP contribution in [0, 0.1) is 13.8 Å². The second kappa shape index (κ2) is 17.5. The number of anilines is 1. The van der Waals surface area contributed by atoms with Crippen molar-refractivity contribution in [2.75, 3.05) is 19.5 Å². The van der Waals surface area contributed by atoms with Crippen molar-refractivity contribution in [3.8, 4) is 5.75 Å². The minimum atomic E-state index is -4.65. The normalized spacial score (nSPS) is 14.1. The van der Waals surface area contributed by atoms with E-state index < -0.39 is 71.6 Å². The summed E-state index contributed by atoms with van der Waals surface area (Å²) >= 11 is 0. The number of benzene rings is 3. The van der Waals surface area contributed by atoms with E-state index in [1.807, 2.05) is 10.6 Å². The maximum atomic E-state index is 12.7.